The molecule has 0 saturated heterocycles. The van der Waals surface area contributed by atoms with Crippen LogP contribution >= 0.6 is 7.53 Å². The Balaban J connectivity index is 1.48. The van der Waals surface area contributed by atoms with Crippen LogP contribution < -0.4 is 0 Å². The molecule has 8 rings (SSSR count). The SMILES string of the molecule is Cc1cc(-c2cc(-c3ccccc3)cc(-c3cccc4c5ccccc5p(C(C)(C)C)c34)n2)c2oc3ccccc3c2c1. The lowest BCUT2D eigenvalue weighted by Crippen LogP contribution is -2.00. The van der Waals surface area contributed by atoms with Gasteiger partial charge in [0.15, 0.2) is 0 Å². The monoisotopic (exact) mass is 573 g/mol. The van der Waals surface area contributed by atoms with E-state index in [1.807, 2.05) is 12.1 Å². The van der Waals surface area contributed by atoms with Crippen LogP contribution in [0.4, 0.5) is 0 Å². The zero-order valence-electron chi connectivity index (χ0n) is 24.8. The van der Waals surface area contributed by atoms with Crippen molar-refractivity contribution in [1.82, 2.24) is 4.98 Å². The molecular formula is C40H32NOP. The maximum atomic E-state index is 6.53. The Morgan fingerprint density at radius 3 is 2.05 bits per heavy atom. The molecule has 3 heterocycles. The van der Waals surface area contributed by atoms with Gasteiger partial charge >= 0.3 is 0 Å². The van der Waals surface area contributed by atoms with Crippen LogP contribution in [-0.2, 0) is 5.16 Å². The van der Waals surface area contributed by atoms with E-state index in [9.17, 15) is 0 Å². The molecule has 1 unspecified atom stereocenters. The molecule has 208 valence electrons. The third-order valence-electron chi connectivity index (χ3n) is 8.47. The van der Waals surface area contributed by atoms with Crippen LogP contribution in [0.5, 0.6) is 0 Å². The van der Waals surface area contributed by atoms with Gasteiger partial charge in [-0.05, 0) is 64.7 Å². The smallest absolute Gasteiger partial charge is 0.144 e. The van der Waals surface area contributed by atoms with E-state index in [0.29, 0.717) is 0 Å². The Labute approximate surface area is 252 Å². The zero-order chi connectivity index (χ0) is 29.3. The first kappa shape index (κ1) is 26.0. The lowest BCUT2D eigenvalue weighted by Gasteiger charge is -2.22. The first-order chi connectivity index (χ1) is 20.9. The molecule has 0 N–H and O–H groups in total. The van der Waals surface area contributed by atoms with E-state index in [4.69, 9.17) is 9.40 Å². The summed E-state index contributed by atoms with van der Waals surface area (Å²) < 4.78 is 6.53. The number of hydrogen-bond donors (Lipinski definition) is 0. The van der Waals surface area contributed by atoms with Crippen LogP contribution in [0.15, 0.2) is 126 Å². The summed E-state index contributed by atoms with van der Waals surface area (Å²) >= 11 is 0. The second-order valence-corrected chi connectivity index (χ2v) is 15.4. The molecule has 0 aliphatic rings. The molecule has 8 aromatic rings. The minimum atomic E-state index is -0.596. The lowest BCUT2D eigenvalue weighted by atomic mass is 9.97. The molecule has 0 amide bonds. The minimum absolute atomic E-state index is 0.101. The Hall–Kier alpha value is -4.65. The number of aryl methyl sites for hydroxylation is 1. The molecule has 0 fully saturated rings. The lowest BCUT2D eigenvalue weighted by molar-refractivity contribution is 0.669. The number of para-hydroxylation sites is 1. The Kier molecular flexibility index (Phi) is 5.86. The summed E-state index contributed by atoms with van der Waals surface area (Å²) in [5, 5.41) is 7.98. The largest absolute Gasteiger partial charge is 0.455 e. The van der Waals surface area contributed by atoms with E-state index in [-0.39, 0.29) is 5.16 Å². The Morgan fingerprint density at radius 2 is 1.26 bits per heavy atom. The van der Waals surface area contributed by atoms with E-state index >= 15 is 0 Å². The predicted molar refractivity (Wildman–Crippen MR) is 185 cm³/mol. The van der Waals surface area contributed by atoms with Crippen molar-refractivity contribution >= 4 is 50.5 Å². The molecule has 0 saturated carbocycles. The standard InChI is InChI=1S/C40H32NOP/c1-25-21-32-28-15-8-10-19-36(28)42-38(32)33(22-25)35-24-27(26-13-6-5-7-14-26)23-34(41-35)31-18-12-17-30-29-16-9-11-20-37(29)43(39(30)31)40(2,3)4/h5-24H,1-4H3. The van der Waals surface area contributed by atoms with Crippen molar-refractivity contribution in [2.45, 2.75) is 32.9 Å². The maximum absolute atomic E-state index is 6.53. The Morgan fingerprint density at radius 1 is 0.581 bits per heavy atom. The predicted octanol–water partition coefficient (Wildman–Crippen LogP) is 12.3. The van der Waals surface area contributed by atoms with Gasteiger partial charge in [-0.15, -0.1) is 7.53 Å². The summed E-state index contributed by atoms with van der Waals surface area (Å²) in [6, 6.07) is 43.7. The third kappa shape index (κ3) is 4.21. The third-order valence-corrected chi connectivity index (χ3v) is 11.6. The maximum Gasteiger partial charge on any atom is 0.144 e. The van der Waals surface area contributed by atoms with Crippen LogP contribution in [0.3, 0.4) is 0 Å². The highest BCUT2D eigenvalue weighted by atomic mass is 31.1. The highest BCUT2D eigenvalue weighted by Crippen LogP contribution is 2.60. The Bertz CT molecular complexity index is 2330. The van der Waals surface area contributed by atoms with E-state index < -0.39 is 7.53 Å². The van der Waals surface area contributed by atoms with Crippen LogP contribution in [0, 0.1) is 6.92 Å². The van der Waals surface area contributed by atoms with Gasteiger partial charge in [0.05, 0.1) is 11.4 Å². The average molecular weight is 574 g/mol. The van der Waals surface area contributed by atoms with Crippen molar-refractivity contribution < 1.29 is 4.42 Å². The van der Waals surface area contributed by atoms with Crippen molar-refractivity contribution in [3.8, 4) is 33.6 Å². The second kappa shape index (κ2) is 9.69. The van der Waals surface area contributed by atoms with Gasteiger partial charge in [-0.25, -0.2) is 4.98 Å². The van der Waals surface area contributed by atoms with Gasteiger partial charge in [0, 0.05) is 37.3 Å². The molecule has 3 heteroatoms. The summed E-state index contributed by atoms with van der Waals surface area (Å²) in [7, 11) is -0.596. The van der Waals surface area contributed by atoms with Gasteiger partial charge in [-0.2, -0.15) is 0 Å². The summed E-state index contributed by atoms with van der Waals surface area (Å²) in [5.41, 5.74) is 9.49. The van der Waals surface area contributed by atoms with Gasteiger partial charge in [0.1, 0.15) is 11.2 Å². The molecule has 3 aromatic heterocycles. The highest BCUT2D eigenvalue weighted by molar-refractivity contribution is 7.62. The van der Waals surface area contributed by atoms with Crippen molar-refractivity contribution in [1.29, 1.82) is 0 Å². The summed E-state index contributed by atoms with van der Waals surface area (Å²) in [4.78, 5) is 5.47. The molecular weight excluding hydrogens is 541 g/mol. The number of furan rings is 1. The van der Waals surface area contributed by atoms with Crippen molar-refractivity contribution in [3.05, 3.63) is 127 Å². The van der Waals surface area contributed by atoms with Gasteiger partial charge in [0.25, 0.3) is 0 Å². The molecule has 2 nitrogen and oxygen atoms in total. The number of fused-ring (bicyclic) bond motifs is 6. The summed E-state index contributed by atoms with van der Waals surface area (Å²) in [6.45, 7) is 9.30. The van der Waals surface area contributed by atoms with Gasteiger partial charge in [0.2, 0.25) is 0 Å². The number of hydrogen-bond acceptors (Lipinski definition) is 2. The van der Waals surface area contributed by atoms with Crippen molar-refractivity contribution in [2.75, 3.05) is 0 Å². The number of pyridine rings is 1. The number of nitrogens with zero attached hydrogens (tertiary/aromatic N) is 1. The highest BCUT2D eigenvalue weighted by Gasteiger charge is 2.25. The molecule has 0 aliphatic heterocycles. The molecule has 5 aromatic carbocycles. The van der Waals surface area contributed by atoms with Gasteiger partial charge in [-0.1, -0.05) is 112 Å². The minimum Gasteiger partial charge on any atom is -0.455 e. The second-order valence-electron chi connectivity index (χ2n) is 12.5. The van der Waals surface area contributed by atoms with Crippen molar-refractivity contribution in [3.63, 3.8) is 0 Å². The van der Waals surface area contributed by atoms with Crippen molar-refractivity contribution in [2.24, 2.45) is 0 Å². The van der Waals surface area contributed by atoms with E-state index in [1.165, 1.54) is 37.7 Å². The normalized spacial score (nSPS) is 12.6. The molecule has 43 heavy (non-hydrogen) atoms. The molecule has 0 radical (unpaired) electrons. The molecule has 0 spiro atoms. The van der Waals surface area contributed by atoms with Crippen LogP contribution in [0.2, 0.25) is 0 Å². The number of rotatable bonds is 3. The van der Waals surface area contributed by atoms with Gasteiger partial charge < -0.3 is 4.42 Å². The van der Waals surface area contributed by atoms with E-state index in [1.54, 1.807) is 0 Å². The average Bonchev–Trinajstić information content (AvgIpc) is 3.57. The first-order valence-electron chi connectivity index (χ1n) is 14.9. The zero-order valence-corrected chi connectivity index (χ0v) is 25.7. The van der Waals surface area contributed by atoms with Crippen LogP contribution in [-0.4, -0.2) is 4.98 Å². The topological polar surface area (TPSA) is 26.0 Å². The number of aromatic nitrogens is 1. The fourth-order valence-electron chi connectivity index (χ4n) is 6.69. The first-order valence-corrected chi connectivity index (χ1v) is 16.2. The molecule has 0 bridgehead atoms. The number of benzene rings is 5. The summed E-state index contributed by atoms with van der Waals surface area (Å²) in [5.74, 6) is 0. The van der Waals surface area contributed by atoms with Crippen LogP contribution in [0.1, 0.15) is 26.3 Å². The quantitative estimate of drug-likeness (QED) is 0.210. The van der Waals surface area contributed by atoms with E-state index in [2.05, 4.69) is 137 Å². The molecule has 0 aliphatic carbocycles. The fourth-order valence-corrected chi connectivity index (χ4v) is 9.86. The fraction of sp³-hybridized carbons (Fsp3) is 0.125. The molecule has 1 atom stereocenters. The van der Waals surface area contributed by atoms with E-state index in [0.717, 1.165) is 44.5 Å². The summed E-state index contributed by atoms with van der Waals surface area (Å²) in [6.07, 6.45) is 0. The van der Waals surface area contributed by atoms with Gasteiger partial charge in [-0.3, -0.25) is 0 Å². The van der Waals surface area contributed by atoms with Crippen LogP contribution in [0.25, 0.3) is 76.6 Å².